The predicted octanol–water partition coefficient (Wildman–Crippen LogP) is 2.24. The van der Waals surface area contributed by atoms with Gasteiger partial charge in [0.15, 0.2) is 0 Å². The van der Waals surface area contributed by atoms with E-state index in [0.29, 0.717) is 6.42 Å². The van der Waals surface area contributed by atoms with Crippen LogP contribution in [-0.4, -0.2) is 29.3 Å². The fourth-order valence-corrected chi connectivity index (χ4v) is 1.65. The van der Waals surface area contributed by atoms with Crippen LogP contribution in [0, 0.1) is 0 Å². The van der Waals surface area contributed by atoms with Gasteiger partial charge in [-0.1, -0.05) is 19.3 Å². The lowest BCUT2D eigenvalue weighted by Crippen LogP contribution is -2.24. The van der Waals surface area contributed by atoms with Gasteiger partial charge < -0.3 is 10.4 Å². The number of hydrogen-bond donors (Lipinski definition) is 3. The Morgan fingerprint density at radius 2 is 1.59 bits per heavy atom. The van der Waals surface area contributed by atoms with Crippen molar-refractivity contribution in [1.82, 2.24) is 5.32 Å². The number of carbonyl (C=O) groups is 2. The maximum absolute atomic E-state index is 11.2. The van der Waals surface area contributed by atoms with E-state index < -0.39 is 5.97 Å². The molecule has 0 bridgehead atoms. The summed E-state index contributed by atoms with van der Waals surface area (Å²) in [4.78, 5) is 21.4. The number of carboxylic acids is 1. The minimum absolute atomic E-state index is 0.102. The summed E-state index contributed by atoms with van der Waals surface area (Å²) in [5.41, 5.74) is 0. The molecule has 2 N–H and O–H groups in total. The third-order valence-corrected chi connectivity index (χ3v) is 2.77. The number of nitrogens with one attached hydrogen (secondary N) is 1. The van der Waals surface area contributed by atoms with E-state index in [2.05, 4.69) is 17.9 Å². The van der Waals surface area contributed by atoms with Crippen LogP contribution in [0.3, 0.4) is 0 Å². The van der Waals surface area contributed by atoms with E-state index in [1.54, 1.807) is 0 Å². The van der Waals surface area contributed by atoms with Crippen LogP contribution < -0.4 is 5.32 Å². The molecule has 0 rings (SSSR count). The van der Waals surface area contributed by atoms with Crippen molar-refractivity contribution in [2.45, 2.75) is 51.4 Å². The Hall–Kier alpha value is -0.710. The summed E-state index contributed by atoms with van der Waals surface area (Å²) in [6.07, 6.45) is 6.42. The predicted molar refractivity (Wildman–Crippen MR) is 71.4 cm³/mol. The molecule has 5 heteroatoms. The third-order valence-electron chi connectivity index (χ3n) is 2.45. The molecule has 0 unspecified atom stereocenters. The number of amides is 1. The number of aliphatic carboxylic acids is 1. The summed E-state index contributed by atoms with van der Waals surface area (Å²) >= 11 is 4.04. The smallest absolute Gasteiger partial charge is 0.303 e. The quantitative estimate of drug-likeness (QED) is 0.395. The molecule has 0 aromatic rings. The van der Waals surface area contributed by atoms with Crippen molar-refractivity contribution in [2.24, 2.45) is 0 Å². The molecule has 0 heterocycles. The molecule has 0 aromatic carbocycles. The maximum Gasteiger partial charge on any atom is 0.303 e. The van der Waals surface area contributed by atoms with Crippen LogP contribution >= 0.6 is 12.6 Å². The molecule has 100 valence electrons. The fourth-order valence-electron chi connectivity index (χ4n) is 1.49. The summed E-state index contributed by atoms with van der Waals surface area (Å²) in [6, 6.07) is 0. The lowest BCUT2D eigenvalue weighted by atomic mass is 10.1. The van der Waals surface area contributed by atoms with Gasteiger partial charge in [-0.2, -0.15) is 12.6 Å². The van der Waals surface area contributed by atoms with E-state index in [0.717, 1.165) is 50.8 Å². The Labute approximate surface area is 109 Å². The minimum atomic E-state index is -0.721. The van der Waals surface area contributed by atoms with Gasteiger partial charge in [0.25, 0.3) is 0 Å². The zero-order valence-corrected chi connectivity index (χ0v) is 11.2. The first-order valence-corrected chi connectivity index (χ1v) is 6.89. The van der Waals surface area contributed by atoms with Crippen LogP contribution in [-0.2, 0) is 9.59 Å². The number of carbonyl (C=O) groups excluding carboxylic acids is 1. The van der Waals surface area contributed by atoms with Gasteiger partial charge in [-0.15, -0.1) is 0 Å². The molecular formula is C12H23NO3S. The number of rotatable bonds is 11. The Morgan fingerprint density at radius 1 is 0.941 bits per heavy atom. The molecule has 0 spiro atoms. The fraction of sp³-hybridized carbons (Fsp3) is 0.833. The first-order chi connectivity index (χ1) is 8.16. The van der Waals surface area contributed by atoms with Gasteiger partial charge in [-0.25, -0.2) is 0 Å². The van der Waals surface area contributed by atoms with E-state index in [1.165, 1.54) is 0 Å². The Bertz CT molecular complexity index is 222. The SMILES string of the molecule is O=C(O)CCCCCCCNC(=O)CCCS. The standard InChI is InChI=1S/C12H23NO3S/c14-11(7-6-10-17)13-9-5-3-1-2-4-8-12(15)16/h17H,1-10H2,(H,13,14)(H,15,16). The summed E-state index contributed by atoms with van der Waals surface area (Å²) in [7, 11) is 0. The second kappa shape index (κ2) is 11.8. The molecule has 17 heavy (non-hydrogen) atoms. The second-order valence-corrected chi connectivity index (χ2v) is 4.54. The van der Waals surface area contributed by atoms with Crippen molar-refractivity contribution in [3.8, 4) is 0 Å². The van der Waals surface area contributed by atoms with Crippen molar-refractivity contribution in [3.63, 3.8) is 0 Å². The van der Waals surface area contributed by atoms with E-state index in [1.807, 2.05) is 0 Å². The molecule has 0 aromatic heterocycles. The molecule has 0 saturated heterocycles. The van der Waals surface area contributed by atoms with Gasteiger partial charge in [0.05, 0.1) is 0 Å². The molecule has 0 saturated carbocycles. The normalized spacial score (nSPS) is 10.2. The van der Waals surface area contributed by atoms with Crippen molar-refractivity contribution in [2.75, 3.05) is 12.3 Å². The van der Waals surface area contributed by atoms with E-state index >= 15 is 0 Å². The van der Waals surface area contributed by atoms with E-state index in [4.69, 9.17) is 5.11 Å². The largest absolute Gasteiger partial charge is 0.481 e. The Morgan fingerprint density at radius 3 is 2.24 bits per heavy atom. The third kappa shape index (κ3) is 13.2. The highest BCUT2D eigenvalue weighted by Gasteiger charge is 1.99. The topological polar surface area (TPSA) is 66.4 Å². The molecule has 0 radical (unpaired) electrons. The number of unbranched alkanes of at least 4 members (excludes halogenated alkanes) is 4. The summed E-state index contributed by atoms with van der Waals surface area (Å²) in [6.45, 7) is 0.727. The first kappa shape index (κ1) is 16.3. The summed E-state index contributed by atoms with van der Waals surface area (Å²) in [5, 5.41) is 11.3. The average Bonchev–Trinajstić information content (AvgIpc) is 2.29. The molecule has 0 fully saturated rings. The first-order valence-electron chi connectivity index (χ1n) is 6.26. The van der Waals surface area contributed by atoms with Crippen LogP contribution in [0.1, 0.15) is 51.4 Å². The lowest BCUT2D eigenvalue weighted by Gasteiger charge is -2.04. The molecule has 0 atom stereocenters. The number of thiol groups is 1. The van der Waals surface area contributed by atoms with Crippen LogP contribution in [0.25, 0.3) is 0 Å². The van der Waals surface area contributed by atoms with Crippen LogP contribution in [0.15, 0.2) is 0 Å². The molecular weight excluding hydrogens is 238 g/mol. The molecule has 0 aliphatic rings. The number of hydrogen-bond acceptors (Lipinski definition) is 3. The van der Waals surface area contributed by atoms with Crippen LogP contribution in [0.5, 0.6) is 0 Å². The average molecular weight is 261 g/mol. The van der Waals surface area contributed by atoms with Crippen molar-refractivity contribution in [3.05, 3.63) is 0 Å². The van der Waals surface area contributed by atoms with Crippen molar-refractivity contribution in [1.29, 1.82) is 0 Å². The maximum atomic E-state index is 11.2. The number of carboxylic acid groups (broad SMARTS) is 1. The summed E-state index contributed by atoms with van der Waals surface area (Å²) < 4.78 is 0. The van der Waals surface area contributed by atoms with Gasteiger partial charge >= 0.3 is 5.97 Å². The van der Waals surface area contributed by atoms with Gasteiger partial charge in [-0.3, -0.25) is 9.59 Å². The van der Waals surface area contributed by atoms with Crippen LogP contribution in [0.4, 0.5) is 0 Å². The molecule has 0 aliphatic heterocycles. The lowest BCUT2D eigenvalue weighted by molar-refractivity contribution is -0.137. The molecule has 1 amide bonds. The molecule has 0 aliphatic carbocycles. The van der Waals surface area contributed by atoms with Gasteiger partial charge in [0.2, 0.25) is 5.91 Å². The summed E-state index contributed by atoms with van der Waals surface area (Å²) in [5.74, 6) is 0.128. The zero-order valence-electron chi connectivity index (χ0n) is 10.3. The van der Waals surface area contributed by atoms with Crippen molar-refractivity contribution < 1.29 is 14.7 Å². The highest BCUT2D eigenvalue weighted by atomic mass is 32.1. The van der Waals surface area contributed by atoms with Crippen molar-refractivity contribution >= 4 is 24.5 Å². The molecule has 4 nitrogen and oxygen atoms in total. The highest BCUT2D eigenvalue weighted by molar-refractivity contribution is 7.80. The van der Waals surface area contributed by atoms with E-state index in [-0.39, 0.29) is 12.3 Å². The minimum Gasteiger partial charge on any atom is -0.481 e. The second-order valence-electron chi connectivity index (χ2n) is 4.09. The monoisotopic (exact) mass is 261 g/mol. The zero-order chi connectivity index (χ0) is 12.9. The van der Waals surface area contributed by atoms with Gasteiger partial charge in [-0.05, 0) is 25.0 Å². The Kier molecular flexibility index (Phi) is 11.3. The van der Waals surface area contributed by atoms with Gasteiger partial charge in [0, 0.05) is 19.4 Å². The van der Waals surface area contributed by atoms with Crippen LogP contribution in [0.2, 0.25) is 0 Å². The van der Waals surface area contributed by atoms with Gasteiger partial charge in [0.1, 0.15) is 0 Å². The highest BCUT2D eigenvalue weighted by Crippen LogP contribution is 2.04. The Balaban J connectivity index is 3.12. The van der Waals surface area contributed by atoms with E-state index in [9.17, 15) is 9.59 Å².